The van der Waals surface area contributed by atoms with Gasteiger partial charge < -0.3 is 25.3 Å². The molecule has 0 unspecified atom stereocenters. The minimum atomic E-state index is 0. The van der Waals surface area contributed by atoms with Gasteiger partial charge in [-0.2, -0.15) is 0 Å². The third-order valence-corrected chi connectivity index (χ3v) is 2.71. The molecule has 0 saturated heterocycles. The van der Waals surface area contributed by atoms with Crippen LogP contribution in [0.4, 0.5) is 0 Å². The van der Waals surface area contributed by atoms with E-state index in [1.807, 2.05) is 37.7 Å². The Morgan fingerprint density at radius 2 is 1.74 bits per heavy atom. The first-order chi connectivity index (χ1) is 6.95. The largest absolute Gasteiger partial charge is 0.693 e. The summed E-state index contributed by atoms with van der Waals surface area (Å²) in [7, 11) is 7.73. The van der Waals surface area contributed by atoms with Gasteiger partial charge >= 0.3 is 0 Å². The summed E-state index contributed by atoms with van der Waals surface area (Å²) in [6, 6.07) is 0. The predicted molar refractivity (Wildman–Crippen MR) is 82.5 cm³/mol. The van der Waals surface area contributed by atoms with Gasteiger partial charge in [-0.15, -0.1) is 0 Å². The number of rotatable bonds is 0. The zero-order valence-electron chi connectivity index (χ0n) is 11.0. The molecule has 0 aromatic heterocycles. The molecule has 1 rings (SSSR count). The van der Waals surface area contributed by atoms with Crippen molar-refractivity contribution in [3.8, 4) is 0 Å². The Hall–Kier alpha value is 1.59. The summed E-state index contributed by atoms with van der Waals surface area (Å²) >= 11 is 9.74. The molecule has 2 N–H and O–H groups in total. The number of nitrogens with one attached hydrogen (secondary N) is 2. The molecule has 0 spiro atoms. The Balaban J connectivity index is -0.0000000569. The van der Waals surface area contributed by atoms with E-state index in [4.69, 9.17) is 25.3 Å². The second kappa shape index (κ2) is 19.6. The van der Waals surface area contributed by atoms with Crippen molar-refractivity contribution in [2.75, 3.05) is 41.3 Å². The summed E-state index contributed by atoms with van der Waals surface area (Å²) in [5, 5.41) is 4.65. The molecule has 0 amide bonds. The molecule has 0 aromatic carbocycles. The first kappa shape index (κ1) is 32.5. The van der Waals surface area contributed by atoms with E-state index in [0.29, 0.717) is 0 Å². The van der Waals surface area contributed by atoms with Crippen LogP contribution in [0.3, 0.4) is 0 Å². The van der Waals surface area contributed by atoms with Gasteiger partial charge in [0.2, 0.25) is 0 Å². The molecule has 0 aliphatic carbocycles. The van der Waals surface area contributed by atoms with Crippen molar-refractivity contribution in [3.63, 3.8) is 0 Å². The van der Waals surface area contributed by atoms with Gasteiger partial charge in [0.1, 0.15) is 10.3 Å². The molecule has 0 fully saturated rings. The Kier molecular flexibility index (Phi) is 33.5. The fourth-order valence-corrected chi connectivity index (χ4v) is 1.16. The van der Waals surface area contributed by atoms with E-state index in [2.05, 4.69) is 10.3 Å². The number of nitrogens with zero attached hydrogens (tertiary/aromatic N) is 2. The Bertz CT molecular complexity index is 255. The minimum absolute atomic E-state index is 0. The van der Waals surface area contributed by atoms with Crippen LogP contribution in [0.2, 0.25) is 0 Å². The molecule has 0 saturated carbocycles. The van der Waals surface area contributed by atoms with Gasteiger partial charge in [-0.3, -0.25) is 19.8 Å². The van der Waals surface area contributed by atoms with Gasteiger partial charge in [0.05, 0.1) is 41.3 Å². The number of hydrogen-bond acceptors (Lipinski definition) is 3. The fourth-order valence-electron chi connectivity index (χ4n) is 0.955. The molecule has 4 nitrogen and oxygen atoms in total. The van der Waals surface area contributed by atoms with Crippen LogP contribution >= 0.6 is 0 Å². The van der Waals surface area contributed by atoms with E-state index in [1.165, 1.54) is 6.42 Å². The first-order valence-corrected chi connectivity index (χ1v) is 5.67. The Morgan fingerprint density at radius 3 is 1.84 bits per heavy atom. The van der Waals surface area contributed by atoms with Gasteiger partial charge in [-0.1, -0.05) is 14.9 Å². The molecule has 8 heteroatoms. The minimum Gasteiger partial charge on any atom is -0.693 e. The average molecular weight is 458 g/mol. The smallest absolute Gasteiger partial charge is 0.125 e. The van der Waals surface area contributed by atoms with Crippen LogP contribution in [0.15, 0.2) is 0 Å². The predicted octanol–water partition coefficient (Wildman–Crippen LogP) is -1.05. The van der Waals surface area contributed by atoms with Gasteiger partial charge in [0, 0.05) is 71.8 Å². The second-order valence-corrected chi connectivity index (χ2v) is 4.38. The topological polar surface area (TPSA) is 32.2 Å². The third-order valence-electron chi connectivity index (χ3n) is 1.69. The van der Waals surface area contributed by atoms with Crippen molar-refractivity contribution in [2.24, 2.45) is 0 Å². The van der Waals surface area contributed by atoms with Crippen LogP contribution in [0.5, 0.6) is 0 Å². The molecule has 1 aliphatic rings. The SMILES string of the molecule is C.C.CN(C)C([S-])=[N+](C)C.[S-]C1=[NH+]CCCN1.[Y].[Y]. The molecule has 0 bridgehead atoms. The molecule has 110 valence electrons. The third kappa shape index (κ3) is 19.6. The molecule has 2 radical (unpaired) electrons. The zero-order valence-corrected chi connectivity index (χ0v) is 18.3. The van der Waals surface area contributed by atoms with Crippen molar-refractivity contribution < 1.29 is 75.0 Å². The second-order valence-electron chi connectivity index (χ2n) is 3.61. The van der Waals surface area contributed by atoms with Crippen molar-refractivity contribution in [3.05, 3.63) is 0 Å². The molecule has 19 heavy (non-hydrogen) atoms. The molecule has 1 aliphatic heterocycles. The van der Waals surface area contributed by atoms with E-state index in [1.54, 1.807) is 0 Å². The van der Waals surface area contributed by atoms with E-state index >= 15 is 0 Å². The van der Waals surface area contributed by atoms with Crippen LogP contribution in [0, 0.1) is 0 Å². The monoisotopic (exact) mass is 458 g/mol. The standard InChI is InChI=1S/C5H12N2S.C4H8N2S.2CH4.2Y/c1-6(2)5(8)7(3)4;7-4-5-2-1-3-6-4;;;;/h1-4H3;1-3H2,(H2,5,6,7);2*1H4;;. The quantitative estimate of drug-likeness (QED) is 0.210. The van der Waals surface area contributed by atoms with E-state index in [-0.39, 0.29) is 80.3 Å². The Morgan fingerprint density at radius 1 is 1.26 bits per heavy atom. The van der Waals surface area contributed by atoms with Crippen LogP contribution in [-0.4, -0.2) is 61.1 Å². The normalized spacial score (nSPS) is 11.1. The Labute approximate surface area is 181 Å². The fraction of sp³-hybridized carbons (Fsp3) is 0.818. The van der Waals surface area contributed by atoms with E-state index in [9.17, 15) is 0 Å². The molecule has 0 atom stereocenters. The molecule has 1 heterocycles. The summed E-state index contributed by atoms with van der Waals surface area (Å²) in [6.45, 7) is 2.07. The maximum absolute atomic E-state index is 4.95. The summed E-state index contributed by atoms with van der Waals surface area (Å²) in [6.07, 6.45) is 1.18. The van der Waals surface area contributed by atoms with Crippen molar-refractivity contribution in [1.82, 2.24) is 10.2 Å². The van der Waals surface area contributed by atoms with E-state index in [0.717, 1.165) is 23.4 Å². The van der Waals surface area contributed by atoms with Gasteiger partial charge in [-0.25, -0.2) is 0 Å². The van der Waals surface area contributed by atoms with Crippen molar-refractivity contribution in [1.29, 1.82) is 0 Å². The zero-order chi connectivity index (χ0) is 11.8. The molecule has 0 aromatic rings. The van der Waals surface area contributed by atoms with Crippen molar-refractivity contribution >= 4 is 35.6 Å². The summed E-state index contributed by atoms with van der Waals surface area (Å²) in [4.78, 5) is 4.90. The van der Waals surface area contributed by atoms with Crippen LogP contribution in [0.25, 0.3) is 0 Å². The number of hydrogen-bond donors (Lipinski definition) is 2. The molecular weight excluding hydrogens is 430 g/mol. The van der Waals surface area contributed by atoms with Crippen LogP contribution in [0.1, 0.15) is 21.3 Å². The van der Waals surface area contributed by atoms with Crippen molar-refractivity contribution in [2.45, 2.75) is 21.3 Å². The van der Waals surface area contributed by atoms with E-state index < -0.39 is 0 Å². The number of amidine groups is 2. The van der Waals surface area contributed by atoms with Crippen LogP contribution in [-0.2, 0) is 90.7 Å². The summed E-state index contributed by atoms with van der Waals surface area (Å²) in [5.41, 5.74) is 0. The average Bonchev–Trinajstić information content (AvgIpc) is 2.18. The van der Waals surface area contributed by atoms with Gasteiger partial charge in [-0.05, 0) is 0 Å². The van der Waals surface area contributed by atoms with Gasteiger partial charge in [0.25, 0.3) is 0 Å². The maximum Gasteiger partial charge on any atom is 0.125 e. The first-order valence-electron chi connectivity index (χ1n) is 4.85. The summed E-state index contributed by atoms with van der Waals surface area (Å²) in [5.74, 6) is 0. The molecular formula is C11H28N4S2Y2. The van der Waals surface area contributed by atoms with Gasteiger partial charge in [0.15, 0.2) is 0 Å². The summed E-state index contributed by atoms with van der Waals surface area (Å²) < 4.78 is 1.90. The van der Waals surface area contributed by atoms with Crippen LogP contribution < -0.4 is 10.3 Å². The maximum atomic E-state index is 4.95.